The fourth-order valence-electron chi connectivity index (χ4n) is 2.05. The SMILES string of the molecule is O=S(=O)(C1CC1)N1CC(Oc2ccc(C(F)(F)F)cn2)C1. The first-order valence-electron chi connectivity index (χ1n) is 6.45. The lowest BCUT2D eigenvalue weighted by molar-refractivity contribution is -0.137. The lowest BCUT2D eigenvalue weighted by atomic mass is 10.2. The first-order valence-corrected chi connectivity index (χ1v) is 7.96. The number of hydrogen-bond acceptors (Lipinski definition) is 4. The van der Waals surface area contributed by atoms with Crippen molar-refractivity contribution in [2.24, 2.45) is 0 Å². The maximum atomic E-state index is 12.4. The summed E-state index contributed by atoms with van der Waals surface area (Å²) >= 11 is 0. The molecule has 1 saturated carbocycles. The first-order chi connectivity index (χ1) is 9.77. The van der Waals surface area contributed by atoms with Crippen molar-refractivity contribution >= 4 is 10.0 Å². The smallest absolute Gasteiger partial charge is 0.417 e. The van der Waals surface area contributed by atoms with Crippen LogP contribution in [0.2, 0.25) is 0 Å². The third-order valence-electron chi connectivity index (χ3n) is 3.47. The molecule has 5 nitrogen and oxygen atoms in total. The van der Waals surface area contributed by atoms with Crippen molar-refractivity contribution < 1.29 is 26.3 Å². The minimum absolute atomic E-state index is 0.0662. The summed E-state index contributed by atoms with van der Waals surface area (Å²) < 4.78 is 67.5. The molecule has 0 bridgehead atoms. The number of nitrogens with zero attached hydrogens (tertiary/aromatic N) is 2. The van der Waals surface area contributed by atoms with Crippen molar-refractivity contribution in [2.75, 3.05) is 13.1 Å². The van der Waals surface area contributed by atoms with Gasteiger partial charge >= 0.3 is 6.18 Å². The zero-order valence-electron chi connectivity index (χ0n) is 10.9. The summed E-state index contributed by atoms with van der Waals surface area (Å²) in [6.07, 6.45) is -2.69. The molecule has 0 N–H and O–H groups in total. The minimum Gasteiger partial charge on any atom is -0.472 e. The van der Waals surface area contributed by atoms with Crippen LogP contribution in [-0.4, -0.2) is 42.2 Å². The average molecular weight is 322 g/mol. The van der Waals surface area contributed by atoms with Crippen molar-refractivity contribution in [1.29, 1.82) is 0 Å². The van der Waals surface area contributed by atoms with E-state index < -0.39 is 21.8 Å². The summed E-state index contributed by atoms with van der Waals surface area (Å²) in [6, 6.07) is 2.03. The van der Waals surface area contributed by atoms with Gasteiger partial charge in [-0.25, -0.2) is 13.4 Å². The molecule has 1 aliphatic carbocycles. The van der Waals surface area contributed by atoms with Gasteiger partial charge in [-0.1, -0.05) is 0 Å². The van der Waals surface area contributed by atoms with Gasteiger partial charge in [-0.15, -0.1) is 0 Å². The Morgan fingerprint density at radius 1 is 1.24 bits per heavy atom. The Morgan fingerprint density at radius 3 is 2.38 bits per heavy atom. The molecule has 2 fully saturated rings. The zero-order chi connectivity index (χ0) is 15.3. The number of ether oxygens (including phenoxy) is 1. The molecule has 3 rings (SSSR count). The molecule has 0 amide bonds. The van der Waals surface area contributed by atoms with Crippen molar-refractivity contribution in [1.82, 2.24) is 9.29 Å². The number of alkyl halides is 3. The van der Waals surface area contributed by atoms with Gasteiger partial charge in [0, 0.05) is 12.3 Å². The fraction of sp³-hybridized carbons (Fsp3) is 0.583. The third kappa shape index (κ3) is 2.98. The van der Waals surface area contributed by atoms with E-state index >= 15 is 0 Å². The number of rotatable bonds is 4. The monoisotopic (exact) mass is 322 g/mol. The molecule has 1 aliphatic heterocycles. The average Bonchev–Trinajstić information content (AvgIpc) is 3.16. The number of halogens is 3. The summed E-state index contributed by atoms with van der Waals surface area (Å²) in [5.74, 6) is 0.0662. The van der Waals surface area contributed by atoms with Crippen molar-refractivity contribution in [3.8, 4) is 5.88 Å². The predicted molar refractivity (Wildman–Crippen MR) is 67.2 cm³/mol. The Balaban J connectivity index is 1.55. The Morgan fingerprint density at radius 2 is 1.90 bits per heavy atom. The summed E-state index contributed by atoms with van der Waals surface area (Å²) in [4.78, 5) is 3.59. The van der Waals surface area contributed by atoms with Crippen LogP contribution < -0.4 is 4.74 Å². The largest absolute Gasteiger partial charge is 0.472 e. The van der Waals surface area contributed by atoms with Crippen molar-refractivity contribution in [2.45, 2.75) is 30.4 Å². The van der Waals surface area contributed by atoms with Gasteiger partial charge in [-0.3, -0.25) is 0 Å². The standard InChI is InChI=1S/C12H13F3N2O3S/c13-12(14,15)8-1-4-11(16-5-8)20-9-6-17(7-9)21(18,19)10-2-3-10/h1,4-5,9-10H,2-3,6-7H2. The molecule has 116 valence electrons. The predicted octanol–water partition coefficient (Wildman–Crippen LogP) is 1.66. The lowest BCUT2D eigenvalue weighted by Crippen LogP contribution is -2.56. The Bertz CT molecular complexity index is 620. The van der Waals surface area contributed by atoms with E-state index in [1.165, 1.54) is 4.31 Å². The van der Waals surface area contributed by atoms with E-state index in [4.69, 9.17) is 4.74 Å². The van der Waals surface area contributed by atoms with Crippen molar-refractivity contribution in [3.63, 3.8) is 0 Å². The number of sulfonamides is 1. The van der Waals surface area contributed by atoms with Gasteiger partial charge in [0.2, 0.25) is 15.9 Å². The Hall–Kier alpha value is -1.35. The molecule has 0 atom stereocenters. The molecule has 2 heterocycles. The van der Waals surface area contributed by atoms with Gasteiger partial charge in [-0.2, -0.15) is 17.5 Å². The molecule has 21 heavy (non-hydrogen) atoms. The normalized spacial score (nSPS) is 21.1. The third-order valence-corrected chi connectivity index (χ3v) is 5.80. The molecule has 1 aromatic rings. The summed E-state index contributed by atoms with van der Waals surface area (Å²) in [7, 11) is -3.20. The lowest BCUT2D eigenvalue weighted by Gasteiger charge is -2.37. The maximum Gasteiger partial charge on any atom is 0.417 e. The highest BCUT2D eigenvalue weighted by atomic mass is 32.2. The second-order valence-corrected chi connectivity index (χ2v) is 7.40. The van der Waals surface area contributed by atoms with Crippen LogP contribution in [-0.2, 0) is 16.2 Å². The molecule has 1 saturated heterocycles. The van der Waals surface area contributed by atoms with Gasteiger partial charge in [0.25, 0.3) is 0 Å². The van der Waals surface area contributed by atoms with Crippen LogP contribution in [0.3, 0.4) is 0 Å². The molecule has 2 aliphatic rings. The molecule has 9 heteroatoms. The van der Waals surface area contributed by atoms with Crippen LogP contribution in [0.1, 0.15) is 18.4 Å². The number of aromatic nitrogens is 1. The molecule has 0 radical (unpaired) electrons. The Labute approximate surface area is 119 Å². The van der Waals surface area contributed by atoms with E-state index in [0.717, 1.165) is 12.1 Å². The van der Waals surface area contributed by atoms with E-state index in [0.29, 0.717) is 19.0 Å². The molecular formula is C12H13F3N2O3S. The summed E-state index contributed by atoms with van der Waals surface area (Å²) in [5.41, 5.74) is -0.846. The highest BCUT2D eigenvalue weighted by Gasteiger charge is 2.46. The van der Waals surface area contributed by atoms with Crippen LogP contribution in [0.25, 0.3) is 0 Å². The summed E-state index contributed by atoms with van der Waals surface area (Å²) in [6.45, 7) is 0.447. The first kappa shape index (κ1) is 14.6. The molecular weight excluding hydrogens is 309 g/mol. The topological polar surface area (TPSA) is 59.5 Å². The second kappa shape index (κ2) is 4.84. The molecule has 0 aromatic carbocycles. The Kier molecular flexibility index (Phi) is 3.36. The van der Waals surface area contributed by atoms with Crippen LogP contribution in [0.5, 0.6) is 5.88 Å². The number of hydrogen-bond donors (Lipinski definition) is 0. The van der Waals surface area contributed by atoms with E-state index in [2.05, 4.69) is 4.98 Å². The van der Waals surface area contributed by atoms with Crippen LogP contribution in [0.15, 0.2) is 18.3 Å². The van der Waals surface area contributed by atoms with Gasteiger partial charge in [0.1, 0.15) is 6.10 Å². The van der Waals surface area contributed by atoms with Gasteiger partial charge in [0.05, 0.1) is 23.9 Å². The summed E-state index contributed by atoms with van der Waals surface area (Å²) in [5, 5.41) is -0.261. The fourth-order valence-corrected chi connectivity index (χ4v) is 3.95. The van der Waals surface area contributed by atoms with Crippen molar-refractivity contribution in [3.05, 3.63) is 23.9 Å². The van der Waals surface area contributed by atoms with E-state index in [-0.39, 0.29) is 30.3 Å². The van der Waals surface area contributed by atoms with Crippen LogP contribution in [0, 0.1) is 0 Å². The van der Waals surface area contributed by atoms with Gasteiger partial charge in [0.15, 0.2) is 0 Å². The van der Waals surface area contributed by atoms with E-state index in [1.807, 2.05) is 0 Å². The van der Waals surface area contributed by atoms with E-state index in [9.17, 15) is 21.6 Å². The molecule has 0 unspecified atom stereocenters. The van der Waals surface area contributed by atoms with Crippen LogP contribution >= 0.6 is 0 Å². The van der Waals surface area contributed by atoms with Gasteiger partial charge < -0.3 is 4.74 Å². The quantitative estimate of drug-likeness (QED) is 0.846. The number of pyridine rings is 1. The molecule has 0 spiro atoms. The van der Waals surface area contributed by atoms with Gasteiger partial charge in [-0.05, 0) is 18.9 Å². The highest BCUT2D eigenvalue weighted by molar-refractivity contribution is 7.90. The van der Waals surface area contributed by atoms with E-state index in [1.54, 1.807) is 0 Å². The zero-order valence-corrected chi connectivity index (χ0v) is 11.7. The molecule has 1 aromatic heterocycles. The highest BCUT2D eigenvalue weighted by Crippen LogP contribution is 2.34. The minimum atomic E-state index is -4.43. The second-order valence-electron chi connectivity index (χ2n) is 5.18. The van der Waals surface area contributed by atoms with Crippen LogP contribution in [0.4, 0.5) is 13.2 Å². The maximum absolute atomic E-state index is 12.4.